The lowest BCUT2D eigenvalue weighted by Gasteiger charge is -2.14. The van der Waals surface area contributed by atoms with Crippen molar-refractivity contribution in [2.24, 2.45) is 0 Å². The molecule has 2 heterocycles. The monoisotopic (exact) mass is 584 g/mol. The minimum Gasteiger partial charge on any atom is -0.497 e. The van der Waals surface area contributed by atoms with Crippen LogP contribution in [0.25, 0.3) is 20.2 Å². The van der Waals surface area contributed by atoms with Gasteiger partial charge in [0.2, 0.25) is 0 Å². The number of methoxy groups -OCH3 is 2. The number of unbranched alkanes of at least 4 members (excludes halogenated alkanes) is 2. The molecule has 0 aliphatic carbocycles. The summed E-state index contributed by atoms with van der Waals surface area (Å²) >= 11 is 3.72. The molecule has 4 rings (SSSR count). The third kappa shape index (κ3) is 8.00. The second-order valence-electron chi connectivity index (χ2n) is 10.6. The summed E-state index contributed by atoms with van der Waals surface area (Å²) in [7, 11) is 3.41. The Labute approximate surface area is 249 Å². The molecule has 0 saturated heterocycles. The molecule has 2 N–H and O–H groups in total. The van der Waals surface area contributed by atoms with E-state index >= 15 is 0 Å². The van der Waals surface area contributed by atoms with Crippen molar-refractivity contribution >= 4 is 42.8 Å². The minimum atomic E-state index is 0.269. The first-order chi connectivity index (χ1) is 19.4. The number of hydrogen-bond acceptors (Lipinski definition) is 6. The van der Waals surface area contributed by atoms with E-state index in [9.17, 15) is 10.2 Å². The van der Waals surface area contributed by atoms with Crippen LogP contribution in [0.15, 0.2) is 36.4 Å². The van der Waals surface area contributed by atoms with Gasteiger partial charge in [0.25, 0.3) is 0 Å². The zero-order chi connectivity index (χ0) is 29.1. The van der Waals surface area contributed by atoms with Crippen LogP contribution >= 0.6 is 22.7 Å². The van der Waals surface area contributed by atoms with Gasteiger partial charge in [0.05, 0.1) is 14.2 Å². The van der Waals surface area contributed by atoms with E-state index in [1.54, 1.807) is 14.2 Å². The Morgan fingerprint density at radius 1 is 0.650 bits per heavy atom. The van der Waals surface area contributed by atoms with E-state index in [0.717, 1.165) is 24.3 Å². The molecule has 4 nitrogen and oxygen atoms in total. The fourth-order valence-electron chi connectivity index (χ4n) is 5.51. The van der Waals surface area contributed by atoms with Crippen molar-refractivity contribution in [1.29, 1.82) is 0 Å². The van der Waals surface area contributed by atoms with Crippen molar-refractivity contribution in [3.63, 3.8) is 0 Å². The maximum Gasteiger partial charge on any atom is 0.120 e. The summed E-state index contributed by atoms with van der Waals surface area (Å²) in [5, 5.41) is 21.3. The topological polar surface area (TPSA) is 58.9 Å². The smallest absolute Gasteiger partial charge is 0.120 e. The van der Waals surface area contributed by atoms with Gasteiger partial charge in [0, 0.05) is 32.4 Å². The Bertz CT molecular complexity index is 1220. The highest BCUT2D eigenvalue weighted by Crippen LogP contribution is 2.41. The minimum absolute atomic E-state index is 0.269. The molecule has 4 aromatic rings. The normalized spacial score (nSPS) is 12.8. The predicted molar refractivity (Wildman–Crippen MR) is 174 cm³/mol. The van der Waals surface area contributed by atoms with Gasteiger partial charge in [-0.15, -0.1) is 22.7 Å². The Hall–Kier alpha value is -2.12. The molecular formula is C34H48O4S2. The van der Waals surface area contributed by atoms with E-state index in [1.165, 1.54) is 79.6 Å². The molecule has 0 bridgehead atoms. The third-order valence-corrected chi connectivity index (χ3v) is 10.7. The van der Waals surface area contributed by atoms with Crippen LogP contribution in [-0.4, -0.2) is 37.6 Å². The Morgan fingerprint density at radius 2 is 1.05 bits per heavy atom. The number of thiophene rings is 2. The molecule has 0 aliphatic rings. The molecular weight excluding hydrogens is 537 g/mol. The van der Waals surface area contributed by atoms with Crippen molar-refractivity contribution in [1.82, 2.24) is 0 Å². The molecule has 2 aromatic carbocycles. The second kappa shape index (κ2) is 16.4. The largest absolute Gasteiger partial charge is 0.497 e. The molecule has 0 amide bonds. The molecule has 0 aliphatic heterocycles. The molecule has 2 atom stereocenters. The average Bonchev–Trinajstić information content (AvgIpc) is 3.48. The SMILES string of the molecule is CCCCC(CCO)c1sc2cc(OC)ccc2c1C.CCCCC(CCO)c1sc2cc(OC)ccc2c1C. The lowest BCUT2D eigenvalue weighted by molar-refractivity contribution is 0.272. The fraction of sp³-hybridized carbons (Fsp3) is 0.529. The van der Waals surface area contributed by atoms with Crippen LogP contribution in [-0.2, 0) is 0 Å². The molecule has 6 heteroatoms. The van der Waals surface area contributed by atoms with Crippen LogP contribution in [0, 0.1) is 13.8 Å². The van der Waals surface area contributed by atoms with Gasteiger partial charge in [-0.2, -0.15) is 0 Å². The van der Waals surface area contributed by atoms with Gasteiger partial charge in [-0.05, 0) is 110 Å². The first kappa shape index (κ1) is 32.4. The zero-order valence-corrected chi connectivity index (χ0v) is 26.9. The highest BCUT2D eigenvalue weighted by molar-refractivity contribution is 7.19. The fourth-order valence-corrected chi connectivity index (χ4v) is 8.33. The Morgan fingerprint density at radius 3 is 1.38 bits per heavy atom. The molecule has 40 heavy (non-hydrogen) atoms. The van der Waals surface area contributed by atoms with Crippen LogP contribution in [0.3, 0.4) is 0 Å². The van der Waals surface area contributed by atoms with E-state index in [-0.39, 0.29) is 13.2 Å². The predicted octanol–water partition coefficient (Wildman–Crippen LogP) is 9.75. The summed E-state index contributed by atoms with van der Waals surface area (Å²) in [4.78, 5) is 2.88. The number of aliphatic hydroxyl groups is 2. The Kier molecular flexibility index (Phi) is 13.2. The average molecular weight is 585 g/mol. The first-order valence-electron chi connectivity index (χ1n) is 14.8. The van der Waals surface area contributed by atoms with Gasteiger partial charge in [0.1, 0.15) is 11.5 Å². The van der Waals surface area contributed by atoms with Gasteiger partial charge >= 0.3 is 0 Å². The molecule has 0 spiro atoms. The van der Waals surface area contributed by atoms with E-state index in [4.69, 9.17) is 9.47 Å². The maximum absolute atomic E-state index is 9.33. The summed E-state index contributed by atoms with van der Waals surface area (Å²) in [6.07, 6.45) is 8.93. The van der Waals surface area contributed by atoms with Crippen molar-refractivity contribution < 1.29 is 19.7 Å². The van der Waals surface area contributed by atoms with Gasteiger partial charge in [-0.25, -0.2) is 0 Å². The van der Waals surface area contributed by atoms with Crippen molar-refractivity contribution in [3.05, 3.63) is 57.3 Å². The van der Waals surface area contributed by atoms with Crippen LogP contribution in [0.5, 0.6) is 11.5 Å². The number of ether oxygens (including phenoxy) is 2. The zero-order valence-electron chi connectivity index (χ0n) is 25.2. The van der Waals surface area contributed by atoms with Gasteiger partial charge in [-0.3, -0.25) is 0 Å². The summed E-state index contributed by atoms with van der Waals surface area (Å²) < 4.78 is 13.2. The van der Waals surface area contributed by atoms with E-state index in [2.05, 4.69) is 52.0 Å². The standard InChI is InChI=1S/2C17H24O2S/c2*1-4-5-6-13(9-10-18)17-12(2)15-8-7-14(19-3)11-16(15)20-17/h2*7-8,11,13,18H,4-6,9-10H2,1-3H3. The van der Waals surface area contributed by atoms with Crippen molar-refractivity contribution in [3.8, 4) is 11.5 Å². The highest BCUT2D eigenvalue weighted by Gasteiger charge is 2.19. The summed E-state index contributed by atoms with van der Waals surface area (Å²) in [5.41, 5.74) is 2.75. The Balaban J connectivity index is 0.000000220. The number of benzene rings is 2. The summed E-state index contributed by atoms with van der Waals surface area (Å²) in [5.74, 6) is 2.81. The van der Waals surface area contributed by atoms with Gasteiger partial charge < -0.3 is 19.7 Å². The van der Waals surface area contributed by atoms with Crippen molar-refractivity contribution in [2.45, 2.75) is 90.9 Å². The van der Waals surface area contributed by atoms with E-state index in [0.29, 0.717) is 11.8 Å². The number of fused-ring (bicyclic) bond motifs is 2. The molecule has 2 unspecified atom stereocenters. The molecule has 220 valence electrons. The maximum atomic E-state index is 9.33. The summed E-state index contributed by atoms with van der Waals surface area (Å²) in [6.45, 7) is 9.39. The van der Waals surface area contributed by atoms with Crippen LogP contribution in [0.1, 0.15) is 97.9 Å². The molecule has 2 aromatic heterocycles. The van der Waals surface area contributed by atoms with Crippen LogP contribution in [0.4, 0.5) is 0 Å². The molecule has 0 saturated carbocycles. The highest BCUT2D eigenvalue weighted by atomic mass is 32.1. The van der Waals surface area contributed by atoms with Gasteiger partial charge in [-0.1, -0.05) is 39.5 Å². The number of rotatable bonds is 14. The number of aryl methyl sites for hydroxylation is 2. The van der Waals surface area contributed by atoms with E-state index in [1.807, 2.05) is 34.8 Å². The summed E-state index contributed by atoms with van der Waals surface area (Å²) in [6, 6.07) is 12.6. The number of hydrogen-bond donors (Lipinski definition) is 2. The lowest BCUT2D eigenvalue weighted by Crippen LogP contribution is -2.01. The molecule has 0 fully saturated rings. The second-order valence-corrected chi connectivity index (χ2v) is 12.8. The van der Waals surface area contributed by atoms with Gasteiger partial charge in [0.15, 0.2) is 0 Å². The van der Waals surface area contributed by atoms with Crippen LogP contribution < -0.4 is 9.47 Å². The quantitative estimate of drug-likeness (QED) is 0.155. The third-order valence-electron chi connectivity index (χ3n) is 7.87. The van der Waals surface area contributed by atoms with Crippen LogP contribution in [0.2, 0.25) is 0 Å². The van der Waals surface area contributed by atoms with E-state index < -0.39 is 0 Å². The van der Waals surface area contributed by atoms with Crippen molar-refractivity contribution in [2.75, 3.05) is 27.4 Å². The molecule has 0 radical (unpaired) electrons. The number of aliphatic hydroxyl groups excluding tert-OH is 2. The lowest BCUT2D eigenvalue weighted by atomic mass is 9.94. The first-order valence-corrected chi connectivity index (χ1v) is 16.4.